The van der Waals surface area contributed by atoms with Crippen LogP contribution in [0.15, 0.2) is 60.0 Å². The summed E-state index contributed by atoms with van der Waals surface area (Å²) in [6.07, 6.45) is 7.41. The molecule has 0 saturated carbocycles. The van der Waals surface area contributed by atoms with Crippen LogP contribution in [0.5, 0.6) is 0 Å². The summed E-state index contributed by atoms with van der Waals surface area (Å²) in [7, 11) is 0. The molecule has 1 aromatic heterocycles. The second-order valence-electron chi connectivity index (χ2n) is 4.13. The Hall–Kier alpha value is -3.35. The Balaban J connectivity index is 1.96. The smallest absolute Gasteiger partial charge is 0.267 e. The number of carbonyl (C=O) groups is 1. The Kier molecular flexibility index (Phi) is 5.09. The quantitative estimate of drug-likeness (QED) is 0.520. The van der Waals surface area contributed by atoms with Crippen LogP contribution in [-0.4, -0.2) is 22.0 Å². The van der Waals surface area contributed by atoms with Gasteiger partial charge in [-0.1, -0.05) is 12.1 Å². The lowest BCUT2D eigenvalue weighted by Gasteiger charge is -1.97. The molecule has 0 fully saturated rings. The van der Waals surface area contributed by atoms with Crippen LogP contribution in [0.4, 0.5) is 5.69 Å². The first-order valence-corrected chi connectivity index (χ1v) is 6.32. The van der Waals surface area contributed by atoms with Gasteiger partial charge in [0.25, 0.3) is 11.6 Å². The predicted octanol–water partition coefficient (Wildman–Crippen LogP) is 2.42. The lowest BCUT2D eigenvalue weighted by molar-refractivity contribution is -0.385. The van der Waals surface area contributed by atoms with E-state index in [0.717, 1.165) is 0 Å². The van der Waals surface area contributed by atoms with E-state index in [2.05, 4.69) is 15.5 Å². The molecule has 0 radical (unpaired) electrons. The van der Waals surface area contributed by atoms with Gasteiger partial charge in [0.05, 0.1) is 10.5 Å². The highest BCUT2D eigenvalue weighted by molar-refractivity contribution is 5.94. The van der Waals surface area contributed by atoms with Crippen LogP contribution < -0.4 is 5.43 Å². The van der Waals surface area contributed by atoms with Gasteiger partial charge in [-0.05, 0) is 30.4 Å². The number of benzene rings is 1. The van der Waals surface area contributed by atoms with Crippen molar-refractivity contribution in [1.82, 2.24) is 10.4 Å². The number of allylic oxidation sites excluding steroid dienone is 1. The van der Waals surface area contributed by atoms with E-state index < -0.39 is 4.92 Å². The highest BCUT2D eigenvalue weighted by Gasteiger charge is 2.08. The summed E-state index contributed by atoms with van der Waals surface area (Å²) in [5.74, 6) is -0.363. The number of nitrogens with one attached hydrogen (secondary N) is 1. The number of nitrogens with zero attached hydrogens (tertiary/aromatic N) is 3. The van der Waals surface area contributed by atoms with Gasteiger partial charge in [-0.3, -0.25) is 19.9 Å². The largest absolute Gasteiger partial charge is 0.276 e. The summed E-state index contributed by atoms with van der Waals surface area (Å²) in [5, 5.41) is 14.6. The van der Waals surface area contributed by atoms with Crippen LogP contribution in [0.1, 0.15) is 15.9 Å². The molecule has 1 N–H and O–H groups in total. The third-order valence-electron chi connectivity index (χ3n) is 2.68. The molecule has 7 heteroatoms. The molecule has 0 saturated heterocycles. The third-order valence-corrected chi connectivity index (χ3v) is 2.68. The minimum Gasteiger partial charge on any atom is -0.267 e. The molecule has 1 amide bonds. The second kappa shape index (κ2) is 7.44. The number of pyridine rings is 1. The maximum absolute atomic E-state index is 11.7. The molecule has 0 unspecified atom stereocenters. The van der Waals surface area contributed by atoms with E-state index in [1.807, 2.05) is 0 Å². The number of aromatic nitrogens is 1. The van der Waals surface area contributed by atoms with E-state index in [4.69, 9.17) is 0 Å². The van der Waals surface area contributed by atoms with E-state index in [0.29, 0.717) is 11.1 Å². The summed E-state index contributed by atoms with van der Waals surface area (Å²) in [5.41, 5.74) is 3.25. The lowest BCUT2D eigenvalue weighted by atomic mass is 10.2. The zero-order valence-corrected chi connectivity index (χ0v) is 11.4. The number of carbonyl (C=O) groups excluding carboxylic acids is 1. The van der Waals surface area contributed by atoms with Gasteiger partial charge in [0.15, 0.2) is 0 Å². The Labute approximate surface area is 126 Å². The number of nitro benzene ring substituents is 1. The number of hydrogen-bond acceptors (Lipinski definition) is 5. The first kappa shape index (κ1) is 15.0. The molecule has 0 atom stereocenters. The SMILES string of the molecule is O=C(NN=C/C=C/c1ccccc1[N+](=O)[O-])c1ccncc1. The zero-order chi connectivity index (χ0) is 15.8. The Morgan fingerprint density at radius 2 is 1.95 bits per heavy atom. The molecule has 2 aromatic rings. The number of nitro groups is 1. The molecule has 110 valence electrons. The summed E-state index contributed by atoms with van der Waals surface area (Å²) in [4.78, 5) is 25.8. The number of hydrogen-bond donors (Lipinski definition) is 1. The highest BCUT2D eigenvalue weighted by Crippen LogP contribution is 2.18. The van der Waals surface area contributed by atoms with Gasteiger partial charge in [0.2, 0.25) is 0 Å². The standard InChI is InChI=1S/C15H12N4O3/c20-15(13-7-10-16-11-8-13)18-17-9-3-5-12-4-1-2-6-14(12)19(21)22/h1-11H,(H,18,20)/b5-3+,17-9?. The van der Waals surface area contributed by atoms with Crippen molar-refractivity contribution in [1.29, 1.82) is 0 Å². The van der Waals surface area contributed by atoms with Crippen LogP contribution in [0, 0.1) is 10.1 Å². The Bertz CT molecular complexity index is 727. The van der Waals surface area contributed by atoms with E-state index in [9.17, 15) is 14.9 Å². The van der Waals surface area contributed by atoms with Crippen LogP contribution in [-0.2, 0) is 0 Å². The molecule has 0 aliphatic carbocycles. The summed E-state index contributed by atoms with van der Waals surface area (Å²) < 4.78 is 0. The molecular formula is C15H12N4O3. The van der Waals surface area contributed by atoms with Crippen LogP contribution >= 0.6 is 0 Å². The van der Waals surface area contributed by atoms with E-state index >= 15 is 0 Å². The van der Waals surface area contributed by atoms with Crippen molar-refractivity contribution in [3.63, 3.8) is 0 Å². The van der Waals surface area contributed by atoms with Crippen molar-refractivity contribution >= 4 is 23.9 Å². The average molecular weight is 296 g/mol. The normalized spacial score (nSPS) is 10.9. The molecule has 1 heterocycles. The minimum absolute atomic E-state index is 0.00738. The molecule has 0 spiro atoms. The van der Waals surface area contributed by atoms with Crippen molar-refractivity contribution in [2.45, 2.75) is 0 Å². The second-order valence-corrected chi connectivity index (χ2v) is 4.13. The first-order valence-electron chi connectivity index (χ1n) is 6.32. The van der Waals surface area contributed by atoms with Crippen LogP contribution in [0.3, 0.4) is 0 Å². The summed E-state index contributed by atoms with van der Waals surface area (Å²) in [6.45, 7) is 0. The van der Waals surface area contributed by atoms with Crippen molar-refractivity contribution in [3.05, 3.63) is 76.1 Å². The lowest BCUT2D eigenvalue weighted by Crippen LogP contribution is -2.17. The summed E-state index contributed by atoms with van der Waals surface area (Å²) >= 11 is 0. The van der Waals surface area contributed by atoms with Crippen molar-refractivity contribution in [2.75, 3.05) is 0 Å². The van der Waals surface area contributed by atoms with E-state index in [1.54, 1.807) is 36.4 Å². The van der Waals surface area contributed by atoms with Gasteiger partial charge >= 0.3 is 0 Å². The molecule has 22 heavy (non-hydrogen) atoms. The van der Waals surface area contributed by atoms with Crippen LogP contribution in [0.25, 0.3) is 6.08 Å². The predicted molar refractivity (Wildman–Crippen MR) is 82.3 cm³/mol. The van der Waals surface area contributed by atoms with Crippen molar-refractivity contribution in [2.24, 2.45) is 5.10 Å². The van der Waals surface area contributed by atoms with Gasteiger partial charge in [0.1, 0.15) is 0 Å². The fraction of sp³-hybridized carbons (Fsp3) is 0. The molecular weight excluding hydrogens is 284 g/mol. The number of para-hydroxylation sites is 1. The molecule has 0 aliphatic heterocycles. The molecule has 2 rings (SSSR count). The fourth-order valence-electron chi connectivity index (χ4n) is 1.65. The maximum Gasteiger partial charge on any atom is 0.276 e. The molecule has 0 bridgehead atoms. The molecule has 7 nitrogen and oxygen atoms in total. The fourth-order valence-corrected chi connectivity index (χ4v) is 1.65. The number of amides is 1. The Morgan fingerprint density at radius 1 is 1.23 bits per heavy atom. The first-order chi connectivity index (χ1) is 10.7. The average Bonchev–Trinajstić information content (AvgIpc) is 2.55. The van der Waals surface area contributed by atoms with Gasteiger partial charge in [-0.25, -0.2) is 5.43 Å². The monoisotopic (exact) mass is 296 g/mol. The zero-order valence-electron chi connectivity index (χ0n) is 11.4. The summed E-state index contributed by atoms with van der Waals surface area (Å²) in [6, 6.07) is 9.47. The topological polar surface area (TPSA) is 97.5 Å². The van der Waals surface area contributed by atoms with Gasteiger partial charge in [-0.15, -0.1) is 0 Å². The molecule has 0 aliphatic rings. The van der Waals surface area contributed by atoms with Gasteiger partial charge < -0.3 is 0 Å². The number of rotatable bonds is 5. The molecule has 1 aromatic carbocycles. The van der Waals surface area contributed by atoms with Gasteiger partial charge in [-0.2, -0.15) is 5.10 Å². The minimum atomic E-state index is -0.456. The van der Waals surface area contributed by atoms with E-state index in [-0.39, 0.29) is 11.6 Å². The number of hydrazone groups is 1. The third kappa shape index (κ3) is 4.07. The highest BCUT2D eigenvalue weighted by atomic mass is 16.6. The van der Waals surface area contributed by atoms with Crippen LogP contribution in [0.2, 0.25) is 0 Å². The Morgan fingerprint density at radius 3 is 2.68 bits per heavy atom. The van der Waals surface area contributed by atoms with E-state index in [1.165, 1.54) is 30.8 Å². The van der Waals surface area contributed by atoms with Crippen molar-refractivity contribution in [3.8, 4) is 0 Å². The van der Waals surface area contributed by atoms with Crippen molar-refractivity contribution < 1.29 is 9.72 Å². The maximum atomic E-state index is 11.7. The van der Waals surface area contributed by atoms with Gasteiger partial charge in [0, 0.05) is 30.2 Å².